The average molecular weight is 285 g/mol. The summed E-state index contributed by atoms with van der Waals surface area (Å²) >= 11 is 1.71. The lowest BCUT2D eigenvalue weighted by Crippen LogP contribution is -2.46. The molecule has 0 bridgehead atoms. The summed E-state index contributed by atoms with van der Waals surface area (Å²) in [6, 6.07) is 0.158. The lowest BCUT2D eigenvalue weighted by atomic mass is 10.0. The van der Waals surface area contributed by atoms with E-state index in [0.29, 0.717) is 17.9 Å². The summed E-state index contributed by atoms with van der Waals surface area (Å²) in [6.45, 7) is 11.2. The van der Waals surface area contributed by atoms with Crippen molar-refractivity contribution < 1.29 is 4.79 Å². The van der Waals surface area contributed by atoms with Gasteiger partial charge in [0.25, 0.3) is 0 Å². The summed E-state index contributed by atoms with van der Waals surface area (Å²) in [6.07, 6.45) is 1.13. The van der Waals surface area contributed by atoms with Crippen LogP contribution in [0.1, 0.15) is 41.0 Å². The van der Waals surface area contributed by atoms with Crippen molar-refractivity contribution in [2.24, 2.45) is 16.8 Å². The Kier molecular flexibility index (Phi) is 6.69. The lowest BCUT2D eigenvalue weighted by molar-refractivity contribution is -0.122. The number of nitrogens with zero attached hydrogens (tertiary/aromatic N) is 1. The molecule has 2 unspecified atom stereocenters. The molecule has 0 spiro atoms. The molecule has 0 radical (unpaired) electrons. The smallest absolute Gasteiger partial charge is 0.242 e. The van der Waals surface area contributed by atoms with E-state index in [9.17, 15) is 4.79 Å². The van der Waals surface area contributed by atoms with Crippen LogP contribution in [0.15, 0.2) is 4.99 Å². The first kappa shape index (κ1) is 16.3. The molecule has 1 aliphatic rings. The van der Waals surface area contributed by atoms with Gasteiger partial charge >= 0.3 is 0 Å². The van der Waals surface area contributed by atoms with Gasteiger partial charge in [-0.05, 0) is 25.2 Å². The number of hydrogen-bond donors (Lipinski definition) is 2. The topological polar surface area (TPSA) is 53.5 Å². The van der Waals surface area contributed by atoms with Crippen LogP contribution in [-0.2, 0) is 4.79 Å². The monoisotopic (exact) mass is 285 g/mol. The molecule has 4 nitrogen and oxygen atoms in total. The Morgan fingerprint density at radius 3 is 2.63 bits per heavy atom. The van der Waals surface area contributed by atoms with E-state index in [1.165, 1.54) is 0 Å². The van der Waals surface area contributed by atoms with Crippen LogP contribution in [0.5, 0.6) is 0 Å². The molecule has 1 heterocycles. The summed E-state index contributed by atoms with van der Waals surface area (Å²) in [5, 5.41) is 7.08. The van der Waals surface area contributed by atoms with Gasteiger partial charge in [0.2, 0.25) is 5.91 Å². The Morgan fingerprint density at radius 2 is 2.05 bits per heavy atom. The maximum absolute atomic E-state index is 11.9. The SMILES string of the molecule is CC(C)CNC(=O)C(C)NC1=NC(C(C)C)CCS1. The summed E-state index contributed by atoms with van der Waals surface area (Å²) in [4.78, 5) is 16.6. The predicted octanol–water partition coefficient (Wildman–Crippen LogP) is 2.25. The predicted molar refractivity (Wildman–Crippen MR) is 83.6 cm³/mol. The Balaban J connectivity index is 2.47. The minimum atomic E-state index is -0.226. The van der Waals surface area contributed by atoms with Gasteiger partial charge < -0.3 is 10.6 Å². The molecule has 0 aromatic rings. The van der Waals surface area contributed by atoms with Crippen molar-refractivity contribution in [2.45, 2.75) is 53.1 Å². The van der Waals surface area contributed by atoms with Crippen LogP contribution in [0.25, 0.3) is 0 Å². The fourth-order valence-electron chi connectivity index (χ4n) is 1.80. The number of amidine groups is 1. The van der Waals surface area contributed by atoms with Crippen molar-refractivity contribution in [1.82, 2.24) is 10.6 Å². The van der Waals surface area contributed by atoms with Crippen LogP contribution in [0.4, 0.5) is 0 Å². The lowest BCUT2D eigenvalue weighted by Gasteiger charge is -2.25. The van der Waals surface area contributed by atoms with Crippen molar-refractivity contribution >= 4 is 22.8 Å². The largest absolute Gasteiger partial charge is 0.354 e. The first-order valence-corrected chi connectivity index (χ1v) is 8.13. The van der Waals surface area contributed by atoms with E-state index in [-0.39, 0.29) is 11.9 Å². The molecule has 0 saturated carbocycles. The molecule has 0 aromatic heterocycles. The van der Waals surface area contributed by atoms with Crippen molar-refractivity contribution in [3.05, 3.63) is 0 Å². The molecule has 1 rings (SSSR count). The molecule has 0 fully saturated rings. The number of nitrogens with one attached hydrogen (secondary N) is 2. The van der Waals surface area contributed by atoms with Crippen LogP contribution >= 0.6 is 11.8 Å². The van der Waals surface area contributed by atoms with E-state index >= 15 is 0 Å². The van der Waals surface area contributed by atoms with Gasteiger partial charge in [0, 0.05) is 12.3 Å². The van der Waals surface area contributed by atoms with Gasteiger partial charge in [-0.1, -0.05) is 39.5 Å². The van der Waals surface area contributed by atoms with Gasteiger partial charge in [-0.25, -0.2) is 0 Å². The Hall–Kier alpha value is -0.710. The highest BCUT2D eigenvalue weighted by Crippen LogP contribution is 2.21. The Bertz CT molecular complexity index is 329. The van der Waals surface area contributed by atoms with E-state index in [4.69, 9.17) is 0 Å². The fourth-order valence-corrected chi connectivity index (χ4v) is 2.82. The van der Waals surface area contributed by atoms with Gasteiger partial charge in [-0.3, -0.25) is 9.79 Å². The Morgan fingerprint density at radius 1 is 1.37 bits per heavy atom. The van der Waals surface area contributed by atoms with Crippen LogP contribution < -0.4 is 10.6 Å². The van der Waals surface area contributed by atoms with Crippen molar-refractivity contribution in [3.63, 3.8) is 0 Å². The minimum absolute atomic E-state index is 0.0451. The van der Waals surface area contributed by atoms with Crippen molar-refractivity contribution in [2.75, 3.05) is 12.3 Å². The van der Waals surface area contributed by atoms with E-state index < -0.39 is 0 Å². The second-order valence-corrected chi connectivity index (χ2v) is 6.97. The standard InChI is InChI=1S/C14H27N3OS/c1-9(2)8-15-13(18)11(5)16-14-17-12(10(3)4)6-7-19-14/h9-12H,6-8H2,1-5H3,(H,15,18)(H,16,17). The average Bonchev–Trinajstić information content (AvgIpc) is 2.36. The molecule has 2 N–H and O–H groups in total. The van der Waals surface area contributed by atoms with Gasteiger partial charge in [0.1, 0.15) is 6.04 Å². The quantitative estimate of drug-likeness (QED) is 0.814. The van der Waals surface area contributed by atoms with E-state index in [1.54, 1.807) is 11.8 Å². The third-order valence-corrected chi connectivity index (χ3v) is 4.06. The molecule has 0 saturated heterocycles. The second kappa shape index (κ2) is 7.78. The van der Waals surface area contributed by atoms with Crippen LogP contribution in [0.3, 0.4) is 0 Å². The first-order valence-electron chi connectivity index (χ1n) is 7.15. The summed E-state index contributed by atoms with van der Waals surface area (Å²) < 4.78 is 0. The molecule has 1 amide bonds. The van der Waals surface area contributed by atoms with Gasteiger partial charge in [0.05, 0.1) is 6.04 Å². The molecule has 0 aromatic carbocycles. The molecule has 19 heavy (non-hydrogen) atoms. The number of amides is 1. The van der Waals surface area contributed by atoms with E-state index in [1.807, 2.05) is 6.92 Å². The highest BCUT2D eigenvalue weighted by Gasteiger charge is 2.21. The number of carbonyl (C=O) groups is 1. The third kappa shape index (κ3) is 5.85. The fraction of sp³-hybridized carbons (Fsp3) is 0.857. The molecular formula is C14H27N3OS. The van der Waals surface area contributed by atoms with Crippen LogP contribution in [0, 0.1) is 11.8 Å². The maximum atomic E-state index is 11.9. The number of rotatable bonds is 5. The number of carbonyl (C=O) groups excluding carboxylic acids is 1. The summed E-state index contributed by atoms with van der Waals surface area (Å²) in [7, 11) is 0. The molecule has 1 aliphatic heterocycles. The summed E-state index contributed by atoms with van der Waals surface area (Å²) in [5.74, 6) is 2.16. The molecule has 2 atom stereocenters. The molecule has 5 heteroatoms. The van der Waals surface area contributed by atoms with E-state index in [2.05, 4.69) is 43.3 Å². The highest BCUT2D eigenvalue weighted by atomic mass is 32.2. The zero-order chi connectivity index (χ0) is 14.4. The second-order valence-electron chi connectivity index (χ2n) is 5.89. The van der Waals surface area contributed by atoms with Crippen molar-refractivity contribution in [3.8, 4) is 0 Å². The first-order chi connectivity index (χ1) is 8.90. The van der Waals surface area contributed by atoms with Crippen molar-refractivity contribution in [1.29, 1.82) is 0 Å². The highest BCUT2D eigenvalue weighted by molar-refractivity contribution is 8.13. The van der Waals surface area contributed by atoms with Gasteiger partial charge in [-0.2, -0.15) is 0 Å². The van der Waals surface area contributed by atoms with Crippen LogP contribution in [0.2, 0.25) is 0 Å². The zero-order valence-corrected chi connectivity index (χ0v) is 13.5. The number of thioether (sulfide) groups is 1. The normalized spacial score (nSPS) is 21.2. The third-order valence-electron chi connectivity index (χ3n) is 3.12. The maximum Gasteiger partial charge on any atom is 0.242 e. The summed E-state index contributed by atoms with van der Waals surface area (Å²) in [5.41, 5.74) is 0. The number of hydrogen-bond acceptors (Lipinski definition) is 4. The van der Waals surface area contributed by atoms with Gasteiger partial charge in [0.15, 0.2) is 5.17 Å². The molecule has 110 valence electrons. The molecular weight excluding hydrogens is 258 g/mol. The minimum Gasteiger partial charge on any atom is -0.354 e. The van der Waals surface area contributed by atoms with Crippen LogP contribution in [-0.4, -0.2) is 35.5 Å². The van der Waals surface area contributed by atoms with Gasteiger partial charge in [-0.15, -0.1) is 0 Å². The Labute approximate surface area is 121 Å². The van der Waals surface area contributed by atoms with E-state index in [0.717, 1.165) is 23.9 Å². The zero-order valence-electron chi connectivity index (χ0n) is 12.7. The number of aliphatic imine (C=N–C) groups is 1. The molecule has 0 aliphatic carbocycles.